The van der Waals surface area contributed by atoms with E-state index in [-0.39, 0.29) is 5.56 Å². The molecule has 1 rings (SSSR count). The largest absolute Gasteiger partial charge is 0.417 e. The van der Waals surface area contributed by atoms with E-state index < -0.39 is 24.1 Å². The fourth-order valence-electron chi connectivity index (χ4n) is 1.15. The van der Waals surface area contributed by atoms with E-state index in [9.17, 15) is 18.0 Å². The Hall–Kier alpha value is -2.36. The summed E-state index contributed by atoms with van der Waals surface area (Å²) >= 11 is 0. The molecule has 18 heavy (non-hydrogen) atoms. The highest BCUT2D eigenvalue weighted by Crippen LogP contribution is 2.30. The third kappa shape index (κ3) is 3.90. The Bertz CT molecular complexity index is 503. The van der Waals surface area contributed by atoms with E-state index >= 15 is 0 Å². The van der Waals surface area contributed by atoms with E-state index in [0.29, 0.717) is 0 Å². The predicted octanol–water partition coefficient (Wildman–Crippen LogP) is 2.07. The van der Waals surface area contributed by atoms with Gasteiger partial charge in [-0.2, -0.15) is 23.5 Å². The summed E-state index contributed by atoms with van der Waals surface area (Å²) in [4.78, 5) is 10.8. The zero-order valence-corrected chi connectivity index (χ0v) is 9.03. The van der Waals surface area contributed by atoms with Crippen molar-refractivity contribution in [3.63, 3.8) is 0 Å². The summed E-state index contributed by atoms with van der Waals surface area (Å²) in [5.41, 5.74) is 0.943. The molecule has 1 aromatic rings. The van der Waals surface area contributed by atoms with Crippen LogP contribution >= 0.6 is 0 Å². The fraction of sp³-hybridized carbons (Fsp3) is 0.182. The molecule has 0 saturated heterocycles. The van der Waals surface area contributed by atoms with Gasteiger partial charge in [-0.3, -0.25) is 4.79 Å². The van der Waals surface area contributed by atoms with Crippen molar-refractivity contribution in [1.29, 1.82) is 5.26 Å². The molecule has 1 N–H and O–H groups in total. The molecule has 0 aliphatic rings. The van der Waals surface area contributed by atoms with Crippen LogP contribution in [0, 0.1) is 11.3 Å². The standard InChI is InChI=1S/C11H8F3N3O/c12-11(13,14)9-4-2-1-3-8(9)7-16-17-10(18)5-6-15/h1-4,7H,5H2,(H,17,18)/b16-7-. The van der Waals surface area contributed by atoms with E-state index in [4.69, 9.17) is 5.26 Å². The molecule has 0 bridgehead atoms. The fourth-order valence-corrected chi connectivity index (χ4v) is 1.15. The molecule has 0 spiro atoms. The third-order valence-corrected chi connectivity index (χ3v) is 1.90. The lowest BCUT2D eigenvalue weighted by Gasteiger charge is -2.08. The molecule has 0 aliphatic carbocycles. The van der Waals surface area contributed by atoms with Crippen LogP contribution in [0.5, 0.6) is 0 Å². The van der Waals surface area contributed by atoms with Crippen LogP contribution in [0.1, 0.15) is 17.5 Å². The van der Waals surface area contributed by atoms with Gasteiger partial charge in [0, 0.05) is 5.56 Å². The molecule has 4 nitrogen and oxygen atoms in total. The van der Waals surface area contributed by atoms with Crippen LogP contribution in [-0.4, -0.2) is 12.1 Å². The normalized spacial score (nSPS) is 11.2. The number of carbonyl (C=O) groups excluding carboxylic acids is 1. The van der Waals surface area contributed by atoms with E-state index in [1.165, 1.54) is 18.2 Å². The maximum atomic E-state index is 12.6. The van der Waals surface area contributed by atoms with Gasteiger partial charge < -0.3 is 0 Å². The number of hydrazone groups is 1. The van der Waals surface area contributed by atoms with E-state index in [1.54, 1.807) is 6.07 Å². The van der Waals surface area contributed by atoms with Gasteiger partial charge in [-0.15, -0.1) is 0 Å². The van der Waals surface area contributed by atoms with Gasteiger partial charge >= 0.3 is 6.18 Å². The number of hydrogen-bond acceptors (Lipinski definition) is 3. The lowest BCUT2D eigenvalue weighted by atomic mass is 10.1. The molecule has 1 amide bonds. The highest BCUT2D eigenvalue weighted by atomic mass is 19.4. The van der Waals surface area contributed by atoms with Crippen LogP contribution in [0.25, 0.3) is 0 Å². The van der Waals surface area contributed by atoms with Crippen molar-refractivity contribution in [1.82, 2.24) is 5.43 Å². The van der Waals surface area contributed by atoms with E-state index in [1.807, 2.05) is 5.43 Å². The van der Waals surface area contributed by atoms with Crippen molar-refractivity contribution in [3.05, 3.63) is 35.4 Å². The van der Waals surface area contributed by atoms with Gasteiger partial charge in [-0.05, 0) is 6.07 Å². The van der Waals surface area contributed by atoms with Gasteiger partial charge in [0.2, 0.25) is 0 Å². The monoisotopic (exact) mass is 255 g/mol. The summed E-state index contributed by atoms with van der Waals surface area (Å²) in [5.74, 6) is -0.682. The van der Waals surface area contributed by atoms with Crippen LogP contribution in [0.3, 0.4) is 0 Å². The second kappa shape index (κ2) is 5.82. The maximum Gasteiger partial charge on any atom is 0.417 e. The Kier molecular flexibility index (Phi) is 4.43. The minimum Gasteiger partial charge on any atom is -0.272 e. The van der Waals surface area contributed by atoms with Gasteiger partial charge in [0.05, 0.1) is 17.8 Å². The Morgan fingerprint density at radius 3 is 2.72 bits per heavy atom. The number of hydrogen-bond donors (Lipinski definition) is 1. The first kappa shape index (κ1) is 13.7. The van der Waals surface area contributed by atoms with Crippen molar-refractivity contribution in [2.75, 3.05) is 0 Å². The number of alkyl halides is 3. The van der Waals surface area contributed by atoms with Crippen molar-refractivity contribution in [2.24, 2.45) is 5.10 Å². The average Bonchev–Trinajstić information content (AvgIpc) is 2.28. The van der Waals surface area contributed by atoms with Gasteiger partial charge in [-0.25, -0.2) is 5.43 Å². The summed E-state index contributed by atoms with van der Waals surface area (Å²) in [5, 5.41) is 11.6. The Labute approximate surface area is 101 Å². The third-order valence-electron chi connectivity index (χ3n) is 1.90. The molecule has 0 aromatic heterocycles. The molecule has 0 unspecified atom stereocenters. The number of halogens is 3. The lowest BCUT2D eigenvalue weighted by molar-refractivity contribution is -0.137. The van der Waals surface area contributed by atoms with E-state index in [0.717, 1.165) is 12.3 Å². The first-order valence-electron chi connectivity index (χ1n) is 4.80. The van der Waals surface area contributed by atoms with Crippen molar-refractivity contribution < 1.29 is 18.0 Å². The Morgan fingerprint density at radius 1 is 1.44 bits per heavy atom. The number of nitrogens with zero attached hydrogens (tertiary/aromatic N) is 2. The topological polar surface area (TPSA) is 65.2 Å². The first-order chi connectivity index (χ1) is 8.45. The van der Waals surface area contributed by atoms with Gasteiger partial charge in [-0.1, -0.05) is 18.2 Å². The Balaban J connectivity index is 2.83. The molecule has 0 radical (unpaired) electrons. The molecule has 0 heterocycles. The van der Waals surface area contributed by atoms with Crippen molar-refractivity contribution >= 4 is 12.1 Å². The number of benzene rings is 1. The number of nitrogens with one attached hydrogen (secondary N) is 1. The molecule has 0 saturated carbocycles. The van der Waals surface area contributed by atoms with E-state index in [2.05, 4.69) is 5.10 Å². The molecule has 7 heteroatoms. The number of rotatable bonds is 3. The minimum atomic E-state index is -4.49. The molecular formula is C11H8F3N3O. The van der Waals surface area contributed by atoms with Gasteiger partial charge in [0.1, 0.15) is 6.42 Å². The average molecular weight is 255 g/mol. The first-order valence-corrected chi connectivity index (χ1v) is 4.80. The number of carbonyl (C=O) groups is 1. The molecule has 0 aliphatic heterocycles. The Morgan fingerprint density at radius 2 is 2.11 bits per heavy atom. The molecule has 94 valence electrons. The molecule has 1 aromatic carbocycles. The second-order valence-electron chi connectivity index (χ2n) is 3.21. The molecule has 0 fully saturated rings. The van der Waals surface area contributed by atoms with Gasteiger partial charge in [0.25, 0.3) is 5.91 Å². The summed E-state index contributed by atoms with van der Waals surface area (Å²) in [6.45, 7) is 0. The summed E-state index contributed by atoms with van der Waals surface area (Å²) < 4.78 is 37.7. The summed E-state index contributed by atoms with van der Waals surface area (Å²) in [7, 11) is 0. The maximum absolute atomic E-state index is 12.6. The summed E-state index contributed by atoms with van der Waals surface area (Å²) in [6.07, 6.45) is -4.00. The van der Waals surface area contributed by atoms with Crippen LogP contribution in [-0.2, 0) is 11.0 Å². The van der Waals surface area contributed by atoms with Crippen molar-refractivity contribution in [2.45, 2.75) is 12.6 Å². The SMILES string of the molecule is N#CCC(=O)N/N=C\c1ccccc1C(F)(F)F. The van der Waals surface area contributed by atoms with Crippen LogP contribution < -0.4 is 5.43 Å². The van der Waals surface area contributed by atoms with Gasteiger partial charge in [0.15, 0.2) is 0 Å². The van der Waals surface area contributed by atoms with Crippen LogP contribution in [0.4, 0.5) is 13.2 Å². The van der Waals surface area contributed by atoms with Crippen LogP contribution in [0.2, 0.25) is 0 Å². The number of nitriles is 1. The zero-order valence-electron chi connectivity index (χ0n) is 9.03. The quantitative estimate of drug-likeness (QED) is 0.663. The molecule has 0 atom stereocenters. The van der Waals surface area contributed by atoms with Crippen LogP contribution in [0.15, 0.2) is 29.4 Å². The predicted molar refractivity (Wildman–Crippen MR) is 57.4 cm³/mol. The summed E-state index contributed by atoms with van der Waals surface area (Å²) in [6, 6.07) is 6.41. The lowest BCUT2D eigenvalue weighted by Crippen LogP contribution is -2.16. The number of amides is 1. The highest BCUT2D eigenvalue weighted by Gasteiger charge is 2.32. The second-order valence-corrected chi connectivity index (χ2v) is 3.21. The molecular weight excluding hydrogens is 247 g/mol. The highest BCUT2D eigenvalue weighted by molar-refractivity contribution is 5.84. The minimum absolute atomic E-state index is 0.165. The van der Waals surface area contributed by atoms with Crippen molar-refractivity contribution in [3.8, 4) is 6.07 Å². The smallest absolute Gasteiger partial charge is 0.272 e. The zero-order chi connectivity index (χ0) is 13.6.